The molecule has 0 radical (unpaired) electrons. The highest BCUT2D eigenvalue weighted by Crippen LogP contribution is 2.35. The first-order chi connectivity index (χ1) is 14.1. The van der Waals surface area contributed by atoms with Crippen LogP contribution >= 0.6 is 22.7 Å². The van der Waals surface area contributed by atoms with Crippen molar-refractivity contribution in [1.29, 1.82) is 0 Å². The molecular weight excluding hydrogens is 406 g/mol. The van der Waals surface area contributed by atoms with Crippen LogP contribution in [-0.2, 0) is 0 Å². The van der Waals surface area contributed by atoms with Crippen LogP contribution in [0.5, 0.6) is 0 Å². The van der Waals surface area contributed by atoms with Gasteiger partial charge in [-0.05, 0) is 64.9 Å². The van der Waals surface area contributed by atoms with Gasteiger partial charge in [-0.2, -0.15) is 0 Å². The van der Waals surface area contributed by atoms with Crippen molar-refractivity contribution in [1.82, 2.24) is 0 Å². The molecule has 0 saturated heterocycles. The third kappa shape index (κ3) is 4.42. The Morgan fingerprint density at radius 3 is 1.76 bits per heavy atom. The minimum atomic E-state index is -0.625. The summed E-state index contributed by atoms with van der Waals surface area (Å²) in [5.41, 5.74) is 2.06. The standard InChI is InChI=1S/C24H16F2OS2/c25-18-9-5-16(6-10-18)20(24(27)17-7-11-19(26)12-8-17)15-21(22-3-1-13-28-22)23-4-2-14-29-23/h1-15,20H/t20-/m0/s1. The Morgan fingerprint density at radius 1 is 0.759 bits per heavy atom. The normalized spacial score (nSPS) is 11.8. The summed E-state index contributed by atoms with van der Waals surface area (Å²) >= 11 is 3.19. The number of hydrogen-bond acceptors (Lipinski definition) is 3. The van der Waals surface area contributed by atoms with Crippen molar-refractivity contribution < 1.29 is 13.6 Å². The molecule has 144 valence electrons. The first-order valence-corrected chi connectivity index (χ1v) is 10.7. The van der Waals surface area contributed by atoms with E-state index in [1.165, 1.54) is 36.4 Å². The van der Waals surface area contributed by atoms with Crippen LogP contribution in [0.3, 0.4) is 0 Å². The maximum Gasteiger partial charge on any atom is 0.174 e. The molecule has 29 heavy (non-hydrogen) atoms. The Hall–Kier alpha value is -2.89. The maximum atomic E-state index is 13.5. The van der Waals surface area contributed by atoms with Crippen molar-refractivity contribution in [3.63, 3.8) is 0 Å². The zero-order valence-electron chi connectivity index (χ0n) is 15.2. The van der Waals surface area contributed by atoms with E-state index in [1.54, 1.807) is 34.8 Å². The van der Waals surface area contributed by atoms with Gasteiger partial charge in [-0.1, -0.05) is 30.3 Å². The zero-order valence-corrected chi connectivity index (χ0v) is 16.9. The second kappa shape index (κ2) is 8.64. The molecule has 1 atom stereocenters. The summed E-state index contributed by atoms with van der Waals surface area (Å²) in [6.07, 6.45) is 1.93. The molecule has 4 aromatic rings. The molecule has 0 saturated carbocycles. The number of ketones is 1. The van der Waals surface area contributed by atoms with Crippen molar-refractivity contribution in [2.24, 2.45) is 0 Å². The first kappa shape index (κ1) is 19.4. The van der Waals surface area contributed by atoms with Gasteiger partial charge in [-0.25, -0.2) is 8.78 Å². The molecule has 2 aromatic carbocycles. The van der Waals surface area contributed by atoms with Gasteiger partial charge in [0.05, 0.1) is 5.92 Å². The van der Waals surface area contributed by atoms with Gasteiger partial charge in [0.25, 0.3) is 0 Å². The summed E-state index contributed by atoms with van der Waals surface area (Å²) in [5.74, 6) is -1.54. The Balaban J connectivity index is 1.84. The van der Waals surface area contributed by atoms with E-state index in [2.05, 4.69) is 0 Å². The van der Waals surface area contributed by atoms with Crippen LogP contribution < -0.4 is 0 Å². The van der Waals surface area contributed by atoms with Crippen LogP contribution in [-0.4, -0.2) is 5.78 Å². The highest BCUT2D eigenvalue weighted by molar-refractivity contribution is 7.13. The summed E-state index contributed by atoms with van der Waals surface area (Å²) in [4.78, 5) is 15.5. The number of carbonyl (C=O) groups excluding carboxylic acids is 1. The van der Waals surface area contributed by atoms with Gasteiger partial charge < -0.3 is 0 Å². The lowest BCUT2D eigenvalue weighted by Crippen LogP contribution is -2.12. The molecule has 0 spiro atoms. The van der Waals surface area contributed by atoms with E-state index >= 15 is 0 Å². The van der Waals surface area contributed by atoms with E-state index in [0.29, 0.717) is 11.1 Å². The van der Waals surface area contributed by atoms with Gasteiger partial charge in [-0.3, -0.25) is 4.79 Å². The Labute approximate surface area is 175 Å². The van der Waals surface area contributed by atoms with Crippen LogP contribution in [0.2, 0.25) is 0 Å². The first-order valence-electron chi connectivity index (χ1n) is 8.96. The topological polar surface area (TPSA) is 17.1 Å². The van der Waals surface area contributed by atoms with Crippen LogP contribution in [0.4, 0.5) is 8.78 Å². The minimum Gasteiger partial charge on any atom is -0.293 e. The van der Waals surface area contributed by atoms with E-state index in [1.807, 2.05) is 41.1 Å². The third-order valence-corrected chi connectivity index (χ3v) is 6.35. The number of thiophene rings is 2. The molecule has 1 nitrogen and oxygen atoms in total. The van der Waals surface area contributed by atoms with E-state index in [-0.39, 0.29) is 11.6 Å². The highest BCUT2D eigenvalue weighted by atomic mass is 32.1. The Kier molecular flexibility index (Phi) is 5.79. The van der Waals surface area contributed by atoms with E-state index in [0.717, 1.165) is 15.3 Å². The quantitative estimate of drug-likeness (QED) is 0.301. The zero-order chi connectivity index (χ0) is 20.2. The number of halogens is 2. The lowest BCUT2D eigenvalue weighted by atomic mass is 9.88. The molecule has 2 heterocycles. The second-order valence-corrected chi connectivity index (χ2v) is 8.33. The molecular formula is C24H16F2OS2. The number of hydrogen-bond donors (Lipinski definition) is 0. The molecule has 0 fully saturated rings. The molecule has 0 aliphatic heterocycles. The maximum absolute atomic E-state index is 13.5. The lowest BCUT2D eigenvalue weighted by Gasteiger charge is -2.15. The summed E-state index contributed by atoms with van der Waals surface area (Å²) in [5, 5.41) is 3.98. The molecule has 0 bridgehead atoms. The van der Waals surface area contributed by atoms with E-state index in [9.17, 15) is 13.6 Å². The van der Waals surface area contributed by atoms with Gasteiger partial charge in [0.2, 0.25) is 0 Å². The molecule has 0 N–H and O–H groups in total. The highest BCUT2D eigenvalue weighted by Gasteiger charge is 2.22. The number of benzene rings is 2. The van der Waals surface area contributed by atoms with Crippen molar-refractivity contribution in [3.8, 4) is 0 Å². The number of Topliss-reactive ketones (excluding diaryl/α,β-unsaturated/α-hetero) is 1. The minimum absolute atomic E-state index is 0.165. The van der Waals surface area contributed by atoms with E-state index < -0.39 is 11.7 Å². The average Bonchev–Trinajstić information content (AvgIpc) is 3.44. The summed E-state index contributed by atoms with van der Waals surface area (Å²) < 4.78 is 26.8. The molecule has 5 heteroatoms. The van der Waals surface area contributed by atoms with Crippen molar-refractivity contribution in [3.05, 3.63) is 122 Å². The van der Waals surface area contributed by atoms with E-state index in [4.69, 9.17) is 0 Å². The average molecular weight is 423 g/mol. The number of carbonyl (C=O) groups is 1. The second-order valence-electron chi connectivity index (χ2n) is 6.44. The lowest BCUT2D eigenvalue weighted by molar-refractivity contribution is 0.0976. The van der Waals surface area contributed by atoms with Gasteiger partial charge in [0.15, 0.2) is 5.78 Å². The van der Waals surface area contributed by atoms with Gasteiger partial charge in [0.1, 0.15) is 11.6 Å². The van der Waals surface area contributed by atoms with Gasteiger partial charge in [-0.15, -0.1) is 22.7 Å². The summed E-state index contributed by atoms with van der Waals surface area (Å²) in [7, 11) is 0. The predicted octanol–water partition coefficient (Wildman–Crippen LogP) is 7.19. The van der Waals surface area contributed by atoms with Crippen LogP contribution in [0, 0.1) is 11.6 Å². The number of allylic oxidation sites excluding steroid dienone is 1. The predicted molar refractivity (Wildman–Crippen MR) is 116 cm³/mol. The SMILES string of the molecule is O=C(c1ccc(F)cc1)[C@@H](C=C(c1cccs1)c1cccs1)c1ccc(F)cc1. The van der Waals surface area contributed by atoms with Gasteiger partial charge >= 0.3 is 0 Å². The van der Waals surface area contributed by atoms with Crippen LogP contribution in [0.15, 0.2) is 89.6 Å². The Bertz CT molecular complexity index is 1070. The summed E-state index contributed by atoms with van der Waals surface area (Å²) in [6, 6.07) is 19.4. The molecule has 0 aliphatic rings. The van der Waals surface area contributed by atoms with Gasteiger partial charge in [0, 0.05) is 20.9 Å². The van der Waals surface area contributed by atoms with Crippen LogP contribution in [0.1, 0.15) is 31.6 Å². The molecule has 4 rings (SSSR count). The van der Waals surface area contributed by atoms with Crippen molar-refractivity contribution in [2.45, 2.75) is 5.92 Å². The fourth-order valence-electron chi connectivity index (χ4n) is 3.10. The third-order valence-electron chi connectivity index (χ3n) is 4.55. The van der Waals surface area contributed by atoms with Crippen LogP contribution in [0.25, 0.3) is 5.57 Å². The monoisotopic (exact) mass is 422 g/mol. The fraction of sp³-hybridized carbons (Fsp3) is 0.0417. The van der Waals surface area contributed by atoms with Crippen molar-refractivity contribution in [2.75, 3.05) is 0 Å². The number of rotatable bonds is 6. The Morgan fingerprint density at radius 2 is 1.28 bits per heavy atom. The molecule has 0 aliphatic carbocycles. The fourth-order valence-corrected chi connectivity index (χ4v) is 4.70. The molecule has 0 amide bonds. The van der Waals surface area contributed by atoms with Crippen molar-refractivity contribution >= 4 is 34.0 Å². The smallest absolute Gasteiger partial charge is 0.174 e. The molecule has 0 unspecified atom stereocenters. The molecule has 2 aromatic heterocycles. The summed E-state index contributed by atoms with van der Waals surface area (Å²) in [6.45, 7) is 0. The largest absolute Gasteiger partial charge is 0.293 e.